The Kier molecular flexibility index (Phi) is 3.21. The average molecular weight is 209 g/mol. The van der Waals surface area contributed by atoms with Crippen molar-refractivity contribution in [2.24, 2.45) is 0 Å². The molecule has 1 atom stereocenters. The van der Waals surface area contributed by atoms with Crippen molar-refractivity contribution in [3.63, 3.8) is 0 Å². The van der Waals surface area contributed by atoms with Crippen LogP contribution < -0.4 is 5.32 Å². The van der Waals surface area contributed by atoms with Crippen LogP contribution in [0.3, 0.4) is 0 Å². The molecule has 1 heterocycles. The molecule has 1 aliphatic rings. The lowest BCUT2D eigenvalue weighted by molar-refractivity contribution is 0.120. The van der Waals surface area contributed by atoms with Gasteiger partial charge in [-0.15, -0.1) is 0 Å². The molecular weight excluding hydrogens is 193 g/mol. The summed E-state index contributed by atoms with van der Waals surface area (Å²) in [7, 11) is 0. The molecule has 1 unspecified atom stereocenters. The smallest absolute Gasteiger partial charge is 0.128 e. The Morgan fingerprint density at radius 3 is 3.07 bits per heavy atom. The van der Waals surface area contributed by atoms with Gasteiger partial charge in [0.05, 0.1) is 6.10 Å². The minimum atomic E-state index is -0.160. The van der Waals surface area contributed by atoms with E-state index in [1.54, 1.807) is 13.0 Å². The zero-order valence-electron chi connectivity index (χ0n) is 8.92. The van der Waals surface area contributed by atoms with Crippen LogP contribution in [0.1, 0.15) is 18.4 Å². The molecule has 0 saturated carbocycles. The van der Waals surface area contributed by atoms with E-state index in [9.17, 15) is 4.39 Å². The summed E-state index contributed by atoms with van der Waals surface area (Å²) in [5.41, 5.74) is 1.51. The number of ether oxygens (including phenoxy) is 1. The molecule has 1 fully saturated rings. The third-order valence-corrected chi connectivity index (χ3v) is 2.73. The third kappa shape index (κ3) is 2.69. The lowest BCUT2D eigenvalue weighted by Gasteiger charge is -2.12. The number of benzene rings is 1. The summed E-state index contributed by atoms with van der Waals surface area (Å²) in [4.78, 5) is 0. The van der Waals surface area contributed by atoms with Gasteiger partial charge in [-0.1, -0.05) is 6.07 Å². The van der Waals surface area contributed by atoms with Gasteiger partial charge in [0.25, 0.3) is 0 Å². The van der Waals surface area contributed by atoms with Crippen LogP contribution in [0.25, 0.3) is 0 Å². The van der Waals surface area contributed by atoms with Crippen molar-refractivity contribution in [2.75, 3.05) is 18.5 Å². The molecule has 0 aromatic heterocycles. The number of rotatable bonds is 3. The van der Waals surface area contributed by atoms with Crippen LogP contribution in [0.2, 0.25) is 0 Å². The van der Waals surface area contributed by atoms with E-state index < -0.39 is 0 Å². The predicted octanol–water partition coefficient (Wildman–Crippen LogP) is 2.73. The zero-order valence-corrected chi connectivity index (χ0v) is 8.92. The van der Waals surface area contributed by atoms with Crippen molar-refractivity contribution < 1.29 is 9.13 Å². The molecule has 15 heavy (non-hydrogen) atoms. The highest BCUT2D eigenvalue weighted by Crippen LogP contribution is 2.16. The second-order valence-electron chi connectivity index (χ2n) is 3.98. The van der Waals surface area contributed by atoms with Gasteiger partial charge in [0.15, 0.2) is 0 Å². The van der Waals surface area contributed by atoms with E-state index in [4.69, 9.17) is 4.74 Å². The van der Waals surface area contributed by atoms with Crippen LogP contribution in [-0.4, -0.2) is 19.3 Å². The summed E-state index contributed by atoms with van der Waals surface area (Å²) in [5, 5.41) is 3.19. The Morgan fingerprint density at radius 1 is 1.53 bits per heavy atom. The molecule has 1 aromatic carbocycles. The molecular formula is C12H16FNO. The van der Waals surface area contributed by atoms with Crippen molar-refractivity contribution in [1.82, 2.24) is 0 Å². The fourth-order valence-electron chi connectivity index (χ4n) is 1.74. The van der Waals surface area contributed by atoms with Crippen LogP contribution in [0.4, 0.5) is 10.1 Å². The van der Waals surface area contributed by atoms with Gasteiger partial charge in [-0.3, -0.25) is 0 Å². The van der Waals surface area contributed by atoms with E-state index in [-0.39, 0.29) is 11.9 Å². The van der Waals surface area contributed by atoms with E-state index in [0.29, 0.717) is 5.56 Å². The van der Waals surface area contributed by atoms with Crippen molar-refractivity contribution in [2.45, 2.75) is 25.9 Å². The summed E-state index contributed by atoms with van der Waals surface area (Å²) in [6.45, 7) is 3.39. The molecule has 1 aliphatic heterocycles. The van der Waals surface area contributed by atoms with Gasteiger partial charge in [0.1, 0.15) is 5.82 Å². The second-order valence-corrected chi connectivity index (χ2v) is 3.98. The van der Waals surface area contributed by atoms with E-state index in [1.165, 1.54) is 6.07 Å². The Labute approximate surface area is 89.4 Å². The first-order valence-electron chi connectivity index (χ1n) is 5.37. The van der Waals surface area contributed by atoms with Gasteiger partial charge < -0.3 is 10.1 Å². The number of halogens is 1. The van der Waals surface area contributed by atoms with Crippen LogP contribution in [0.5, 0.6) is 0 Å². The average Bonchev–Trinajstić information content (AvgIpc) is 2.73. The Hall–Kier alpha value is -1.09. The van der Waals surface area contributed by atoms with E-state index >= 15 is 0 Å². The summed E-state index contributed by atoms with van der Waals surface area (Å²) in [6.07, 6.45) is 2.52. The van der Waals surface area contributed by atoms with Gasteiger partial charge >= 0.3 is 0 Å². The summed E-state index contributed by atoms with van der Waals surface area (Å²) in [6, 6.07) is 5.21. The van der Waals surface area contributed by atoms with Crippen molar-refractivity contribution >= 4 is 5.69 Å². The highest BCUT2D eigenvalue weighted by Gasteiger charge is 2.14. The topological polar surface area (TPSA) is 21.3 Å². The third-order valence-electron chi connectivity index (χ3n) is 2.73. The molecule has 0 bridgehead atoms. The first-order chi connectivity index (χ1) is 7.25. The molecule has 0 aliphatic carbocycles. The molecule has 1 N–H and O–H groups in total. The van der Waals surface area contributed by atoms with Gasteiger partial charge in [-0.05, 0) is 37.5 Å². The quantitative estimate of drug-likeness (QED) is 0.826. The van der Waals surface area contributed by atoms with Crippen molar-refractivity contribution in [1.29, 1.82) is 0 Å². The maximum Gasteiger partial charge on any atom is 0.128 e. The minimum Gasteiger partial charge on any atom is -0.382 e. The van der Waals surface area contributed by atoms with Crippen LogP contribution in [-0.2, 0) is 4.74 Å². The van der Waals surface area contributed by atoms with Gasteiger partial charge in [-0.2, -0.15) is 0 Å². The number of aryl methyl sites for hydroxylation is 1. The monoisotopic (exact) mass is 209 g/mol. The Bertz CT molecular complexity index is 334. The standard InChI is InChI=1S/C12H16FNO/c1-9-4-5-10(7-12(9)13)14-8-11-3-2-6-15-11/h4-5,7,11,14H,2-3,6,8H2,1H3. The van der Waals surface area contributed by atoms with Gasteiger partial charge in [-0.25, -0.2) is 4.39 Å². The largest absolute Gasteiger partial charge is 0.382 e. The lowest BCUT2D eigenvalue weighted by Crippen LogP contribution is -2.18. The highest BCUT2D eigenvalue weighted by atomic mass is 19.1. The SMILES string of the molecule is Cc1ccc(NCC2CCCO2)cc1F. The fraction of sp³-hybridized carbons (Fsp3) is 0.500. The zero-order chi connectivity index (χ0) is 10.7. The fourth-order valence-corrected chi connectivity index (χ4v) is 1.74. The predicted molar refractivity (Wildman–Crippen MR) is 58.6 cm³/mol. The van der Waals surface area contributed by atoms with E-state index in [1.807, 2.05) is 6.07 Å². The van der Waals surface area contributed by atoms with Crippen LogP contribution >= 0.6 is 0 Å². The first kappa shape index (κ1) is 10.4. The van der Waals surface area contributed by atoms with Crippen LogP contribution in [0, 0.1) is 12.7 Å². The first-order valence-corrected chi connectivity index (χ1v) is 5.37. The molecule has 1 saturated heterocycles. The summed E-state index contributed by atoms with van der Waals surface area (Å²) in [5.74, 6) is -0.160. The van der Waals surface area contributed by atoms with E-state index in [0.717, 1.165) is 31.7 Å². The maximum atomic E-state index is 13.2. The molecule has 2 rings (SSSR count). The lowest BCUT2D eigenvalue weighted by atomic mass is 10.2. The second kappa shape index (κ2) is 4.62. The maximum absolute atomic E-state index is 13.2. The van der Waals surface area contributed by atoms with Gasteiger partial charge in [0.2, 0.25) is 0 Å². The van der Waals surface area contributed by atoms with Crippen LogP contribution in [0.15, 0.2) is 18.2 Å². The van der Waals surface area contributed by atoms with Crippen molar-refractivity contribution in [3.05, 3.63) is 29.6 Å². The normalized spacial score (nSPS) is 20.5. The van der Waals surface area contributed by atoms with E-state index in [2.05, 4.69) is 5.32 Å². The van der Waals surface area contributed by atoms with Crippen molar-refractivity contribution in [3.8, 4) is 0 Å². The molecule has 0 radical (unpaired) electrons. The number of hydrogen-bond acceptors (Lipinski definition) is 2. The highest BCUT2D eigenvalue weighted by molar-refractivity contribution is 5.45. The number of nitrogens with one attached hydrogen (secondary N) is 1. The molecule has 0 amide bonds. The molecule has 2 nitrogen and oxygen atoms in total. The number of hydrogen-bond donors (Lipinski definition) is 1. The molecule has 82 valence electrons. The molecule has 1 aromatic rings. The molecule has 3 heteroatoms. The number of anilines is 1. The van der Waals surface area contributed by atoms with Gasteiger partial charge in [0, 0.05) is 18.8 Å². The molecule has 0 spiro atoms. The Balaban J connectivity index is 1.90. The summed E-state index contributed by atoms with van der Waals surface area (Å²) >= 11 is 0. The minimum absolute atomic E-state index is 0.160. The Morgan fingerprint density at radius 2 is 2.40 bits per heavy atom. The summed E-state index contributed by atoms with van der Waals surface area (Å²) < 4.78 is 18.7.